The molecule has 1 heterocycles. The number of hydrogen-bond donors (Lipinski definition) is 1. The van der Waals surface area contributed by atoms with Gasteiger partial charge in [-0.2, -0.15) is 0 Å². The van der Waals surface area contributed by atoms with Crippen LogP contribution in [0.15, 0.2) is 39.6 Å². The lowest BCUT2D eigenvalue weighted by Crippen LogP contribution is -2.35. The van der Waals surface area contributed by atoms with Gasteiger partial charge in [0, 0.05) is 18.7 Å². The van der Waals surface area contributed by atoms with Gasteiger partial charge >= 0.3 is 0 Å². The van der Waals surface area contributed by atoms with E-state index >= 15 is 0 Å². The molecule has 0 amide bonds. The maximum atomic E-state index is 12.9. The standard InChI is InChI=1S/C13H15FN4O2/c14-12-3-1-11(2-4-12)13(9-16-19)17-15-10-18-5-7-20-8-6-18/h1-4,9-10,19H,5-8H2/b15-10+,16-9+,17-13+. The molecule has 20 heavy (non-hydrogen) atoms. The lowest BCUT2D eigenvalue weighted by Gasteiger charge is -2.23. The molecule has 0 bridgehead atoms. The van der Waals surface area contributed by atoms with Crippen molar-refractivity contribution in [3.8, 4) is 0 Å². The van der Waals surface area contributed by atoms with Gasteiger partial charge in [0.05, 0.1) is 19.4 Å². The molecule has 106 valence electrons. The summed E-state index contributed by atoms with van der Waals surface area (Å²) in [5.41, 5.74) is 0.959. The second-order valence-electron chi connectivity index (χ2n) is 4.12. The molecule has 1 N–H and O–H groups in total. The van der Waals surface area contributed by atoms with Gasteiger partial charge in [0.1, 0.15) is 17.9 Å². The molecule has 1 aliphatic heterocycles. The number of benzene rings is 1. The number of hydrogen-bond acceptors (Lipinski definition) is 5. The van der Waals surface area contributed by atoms with Gasteiger partial charge in [0.15, 0.2) is 0 Å². The minimum absolute atomic E-state index is 0.342. The van der Waals surface area contributed by atoms with Crippen molar-refractivity contribution < 1.29 is 14.3 Å². The van der Waals surface area contributed by atoms with Crippen molar-refractivity contribution >= 4 is 18.3 Å². The Morgan fingerprint density at radius 3 is 2.60 bits per heavy atom. The van der Waals surface area contributed by atoms with E-state index in [9.17, 15) is 4.39 Å². The van der Waals surface area contributed by atoms with E-state index in [1.807, 2.05) is 4.90 Å². The fourth-order valence-corrected chi connectivity index (χ4v) is 1.69. The van der Waals surface area contributed by atoms with E-state index in [1.165, 1.54) is 12.1 Å². The first-order valence-electron chi connectivity index (χ1n) is 6.16. The molecule has 1 fully saturated rings. The summed E-state index contributed by atoms with van der Waals surface area (Å²) in [7, 11) is 0. The largest absolute Gasteiger partial charge is 0.411 e. The van der Waals surface area contributed by atoms with Gasteiger partial charge in [0.2, 0.25) is 0 Å². The quantitative estimate of drug-likeness (QED) is 0.391. The summed E-state index contributed by atoms with van der Waals surface area (Å²) in [4.78, 5) is 1.98. The molecule has 0 aromatic heterocycles. The Kier molecular flexibility index (Phi) is 5.19. The first kappa shape index (κ1) is 14.1. The van der Waals surface area contributed by atoms with Gasteiger partial charge in [-0.25, -0.2) is 4.39 Å². The normalized spacial score (nSPS) is 17.2. The Labute approximate surface area is 115 Å². The van der Waals surface area contributed by atoms with Crippen LogP contribution in [0.4, 0.5) is 4.39 Å². The maximum absolute atomic E-state index is 12.9. The van der Waals surface area contributed by atoms with Crippen molar-refractivity contribution in [3.05, 3.63) is 35.6 Å². The molecule has 0 aliphatic carbocycles. The van der Waals surface area contributed by atoms with Crippen LogP contribution in [0, 0.1) is 5.82 Å². The van der Waals surface area contributed by atoms with Crippen LogP contribution >= 0.6 is 0 Å². The van der Waals surface area contributed by atoms with Gasteiger partial charge in [-0.1, -0.05) is 5.16 Å². The highest BCUT2D eigenvalue weighted by Gasteiger charge is 2.06. The molecule has 1 aromatic rings. The zero-order valence-corrected chi connectivity index (χ0v) is 10.8. The highest BCUT2D eigenvalue weighted by Crippen LogP contribution is 2.04. The van der Waals surface area contributed by atoms with Gasteiger partial charge in [-0.05, 0) is 24.3 Å². The Bertz CT molecular complexity index is 508. The first-order chi connectivity index (χ1) is 9.79. The number of ether oxygens (including phenoxy) is 1. The average Bonchev–Trinajstić information content (AvgIpc) is 2.48. The van der Waals surface area contributed by atoms with Crippen LogP contribution < -0.4 is 0 Å². The zero-order chi connectivity index (χ0) is 14.2. The Morgan fingerprint density at radius 2 is 1.95 bits per heavy atom. The molecule has 0 radical (unpaired) electrons. The summed E-state index contributed by atoms with van der Waals surface area (Å²) in [5.74, 6) is -0.342. The van der Waals surface area contributed by atoms with E-state index in [4.69, 9.17) is 9.94 Å². The minimum Gasteiger partial charge on any atom is -0.411 e. The molecular weight excluding hydrogens is 263 g/mol. The van der Waals surface area contributed by atoms with E-state index in [2.05, 4.69) is 15.4 Å². The Hall–Kier alpha value is -2.28. The van der Waals surface area contributed by atoms with E-state index < -0.39 is 0 Å². The molecule has 0 unspecified atom stereocenters. The fraction of sp³-hybridized carbons (Fsp3) is 0.308. The number of morpholine rings is 1. The van der Waals surface area contributed by atoms with E-state index in [-0.39, 0.29) is 5.82 Å². The van der Waals surface area contributed by atoms with Gasteiger partial charge < -0.3 is 14.8 Å². The van der Waals surface area contributed by atoms with Crippen LogP contribution in [0.3, 0.4) is 0 Å². The van der Waals surface area contributed by atoms with Gasteiger partial charge in [-0.3, -0.25) is 0 Å². The van der Waals surface area contributed by atoms with Crippen molar-refractivity contribution in [2.24, 2.45) is 15.4 Å². The molecule has 1 saturated heterocycles. The van der Waals surface area contributed by atoms with E-state index in [1.54, 1.807) is 18.5 Å². The van der Waals surface area contributed by atoms with Crippen molar-refractivity contribution in [1.82, 2.24) is 4.90 Å². The molecule has 0 atom stereocenters. The van der Waals surface area contributed by atoms with Crippen molar-refractivity contribution in [2.45, 2.75) is 0 Å². The smallest absolute Gasteiger partial charge is 0.123 e. The summed E-state index contributed by atoms with van der Waals surface area (Å²) in [6.45, 7) is 2.86. The average molecular weight is 278 g/mol. The molecule has 0 saturated carbocycles. The molecule has 7 heteroatoms. The molecule has 6 nitrogen and oxygen atoms in total. The third-order valence-electron chi connectivity index (χ3n) is 2.75. The number of oxime groups is 1. The van der Waals surface area contributed by atoms with Gasteiger partial charge in [0.25, 0.3) is 0 Å². The van der Waals surface area contributed by atoms with E-state index in [0.717, 1.165) is 19.3 Å². The van der Waals surface area contributed by atoms with Crippen LogP contribution in [-0.4, -0.2) is 54.7 Å². The second-order valence-corrected chi connectivity index (χ2v) is 4.12. The third-order valence-corrected chi connectivity index (χ3v) is 2.75. The fourth-order valence-electron chi connectivity index (χ4n) is 1.69. The summed E-state index contributed by atoms with van der Waals surface area (Å²) in [5, 5.41) is 19.5. The minimum atomic E-state index is -0.342. The van der Waals surface area contributed by atoms with Crippen molar-refractivity contribution in [2.75, 3.05) is 26.3 Å². The lowest BCUT2D eigenvalue weighted by atomic mass is 10.1. The molecule has 0 spiro atoms. The zero-order valence-electron chi connectivity index (χ0n) is 10.8. The SMILES string of the molecule is O/N=C/C(=N\N=C\N1CCOCC1)c1ccc(F)cc1. The van der Waals surface area contributed by atoms with Crippen LogP contribution in [-0.2, 0) is 4.74 Å². The second kappa shape index (κ2) is 7.34. The first-order valence-corrected chi connectivity index (χ1v) is 6.16. The Balaban J connectivity index is 2.09. The number of rotatable bonds is 4. The molecular formula is C13H15FN4O2. The highest BCUT2D eigenvalue weighted by molar-refractivity contribution is 6.38. The lowest BCUT2D eigenvalue weighted by molar-refractivity contribution is 0.0700. The molecule has 1 aromatic carbocycles. The monoisotopic (exact) mass is 278 g/mol. The summed E-state index contributed by atoms with van der Waals surface area (Å²) in [6, 6.07) is 5.70. The van der Waals surface area contributed by atoms with Crippen LogP contribution in [0.2, 0.25) is 0 Å². The number of halogens is 1. The van der Waals surface area contributed by atoms with Gasteiger partial charge in [-0.15, -0.1) is 10.2 Å². The summed E-state index contributed by atoms with van der Waals surface area (Å²) in [6.07, 6.45) is 2.77. The predicted octanol–water partition coefficient (Wildman–Crippen LogP) is 1.35. The molecule has 1 aliphatic rings. The summed E-state index contributed by atoms with van der Waals surface area (Å²) < 4.78 is 18.1. The van der Waals surface area contributed by atoms with Crippen LogP contribution in [0.25, 0.3) is 0 Å². The maximum Gasteiger partial charge on any atom is 0.123 e. The number of nitrogens with zero attached hydrogens (tertiary/aromatic N) is 4. The van der Waals surface area contributed by atoms with Crippen molar-refractivity contribution in [3.63, 3.8) is 0 Å². The predicted molar refractivity (Wildman–Crippen MR) is 74.1 cm³/mol. The van der Waals surface area contributed by atoms with Crippen LogP contribution in [0.5, 0.6) is 0 Å². The van der Waals surface area contributed by atoms with Crippen molar-refractivity contribution in [1.29, 1.82) is 0 Å². The molecule has 2 rings (SSSR count). The van der Waals surface area contributed by atoms with Crippen LogP contribution in [0.1, 0.15) is 5.56 Å². The Morgan fingerprint density at radius 1 is 1.25 bits per heavy atom. The topological polar surface area (TPSA) is 69.8 Å². The summed E-state index contributed by atoms with van der Waals surface area (Å²) >= 11 is 0. The van der Waals surface area contributed by atoms with E-state index in [0.29, 0.717) is 24.5 Å². The third kappa shape index (κ3) is 4.13. The highest BCUT2D eigenvalue weighted by atomic mass is 19.1.